The Balaban J connectivity index is 2.89. The standard InChI is InChI=1S/C11H13F3N2O/c1-2-9(10(15)16)17-8-5-3-4-7(6-8)11(12,13)14/h3-6,9H,2H2,1H3,(H3,15,16). The summed E-state index contributed by atoms with van der Waals surface area (Å²) in [4.78, 5) is 0. The van der Waals surface area contributed by atoms with Crippen molar-refractivity contribution in [1.82, 2.24) is 0 Å². The van der Waals surface area contributed by atoms with Gasteiger partial charge in [-0.15, -0.1) is 0 Å². The molecule has 0 fully saturated rings. The van der Waals surface area contributed by atoms with Gasteiger partial charge in [0, 0.05) is 0 Å². The summed E-state index contributed by atoms with van der Waals surface area (Å²) in [5.41, 5.74) is 4.47. The fourth-order valence-electron chi connectivity index (χ4n) is 1.28. The fraction of sp³-hybridized carbons (Fsp3) is 0.364. The zero-order valence-electron chi connectivity index (χ0n) is 9.21. The van der Waals surface area contributed by atoms with Gasteiger partial charge in [-0.05, 0) is 24.6 Å². The third kappa shape index (κ3) is 3.65. The van der Waals surface area contributed by atoms with Crippen molar-refractivity contribution in [3.63, 3.8) is 0 Å². The SMILES string of the molecule is CCC(Oc1cccc(C(F)(F)F)c1)C(=N)N. The van der Waals surface area contributed by atoms with Crippen LogP contribution in [0.2, 0.25) is 0 Å². The van der Waals surface area contributed by atoms with Gasteiger partial charge < -0.3 is 10.5 Å². The number of halogens is 3. The van der Waals surface area contributed by atoms with Gasteiger partial charge in [0.1, 0.15) is 11.6 Å². The van der Waals surface area contributed by atoms with Gasteiger partial charge in [0.15, 0.2) is 6.10 Å². The first-order valence-corrected chi connectivity index (χ1v) is 5.02. The van der Waals surface area contributed by atoms with Crippen LogP contribution in [0.25, 0.3) is 0 Å². The van der Waals surface area contributed by atoms with Crippen molar-refractivity contribution in [1.29, 1.82) is 5.41 Å². The van der Waals surface area contributed by atoms with Crippen LogP contribution in [0.1, 0.15) is 18.9 Å². The van der Waals surface area contributed by atoms with Crippen molar-refractivity contribution in [2.45, 2.75) is 25.6 Å². The predicted octanol–water partition coefficient (Wildman–Crippen LogP) is 2.80. The Hall–Kier alpha value is -1.72. The number of hydrogen-bond acceptors (Lipinski definition) is 2. The van der Waals surface area contributed by atoms with Crippen molar-refractivity contribution in [3.05, 3.63) is 29.8 Å². The molecule has 17 heavy (non-hydrogen) atoms. The zero-order chi connectivity index (χ0) is 13.1. The smallest absolute Gasteiger partial charge is 0.416 e. The van der Waals surface area contributed by atoms with Crippen LogP contribution in [0, 0.1) is 5.41 Å². The molecule has 0 radical (unpaired) electrons. The van der Waals surface area contributed by atoms with E-state index in [4.69, 9.17) is 15.9 Å². The van der Waals surface area contributed by atoms with Crippen LogP contribution in [-0.2, 0) is 6.18 Å². The molecule has 0 bridgehead atoms. The number of nitrogens with two attached hydrogens (primary N) is 1. The van der Waals surface area contributed by atoms with Crippen LogP contribution in [0.3, 0.4) is 0 Å². The van der Waals surface area contributed by atoms with Crippen LogP contribution >= 0.6 is 0 Å². The Morgan fingerprint density at radius 1 is 1.47 bits per heavy atom. The Bertz CT molecular complexity index is 404. The lowest BCUT2D eigenvalue weighted by molar-refractivity contribution is -0.137. The summed E-state index contributed by atoms with van der Waals surface area (Å²) >= 11 is 0. The number of nitrogens with one attached hydrogen (secondary N) is 1. The second-order valence-corrected chi connectivity index (χ2v) is 3.50. The highest BCUT2D eigenvalue weighted by molar-refractivity contribution is 5.81. The lowest BCUT2D eigenvalue weighted by Crippen LogP contribution is -2.32. The number of ether oxygens (including phenoxy) is 1. The Morgan fingerprint density at radius 2 is 2.12 bits per heavy atom. The molecule has 0 aliphatic rings. The fourth-order valence-corrected chi connectivity index (χ4v) is 1.28. The lowest BCUT2D eigenvalue weighted by atomic mass is 10.2. The molecule has 1 aromatic rings. The van der Waals surface area contributed by atoms with Gasteiger partial charge in [-0.25, -0.2) is 0 Å². The van der Waals surface area contributed by atoms with Crippen molar-refractivity contribution < 1.29 is 17.9 Å². The first kappa shape index (κ1) is 13.3. The largest absolute Gasteiger partial charge is 0.483 e. The van der Waals surface area contributed by atoms with E-state index in [2.05, 4.69) is 0 Å². The molecule has 0 saturated carbocycles. The van der Waals surface area contributed by atoms with E-state index in [1.165, 1.54) is 12.1 Å². The molecule has 94 valence electrons. The summed E-state index contributed by atoms with van der Waals surface area (Å²) in [7, 11) is 0. The third-order valence-electron chi connectivity index (χ3n) is 2.16. The molecule has 0 aromatic heterocycles. The van der Waals surface area contributed by atoms with E-state index >= 15 is 0 Å². The van der Waals surface area contributed by atoms with Crippen molar-refractivity contribution >= 4 is 5.84 Å². The number of alkyl halides is 3. The molecular weight excluding hydrogens is 233 g/mol. The molecular formula is C11H13F3N2O. The Labute approximate surface area is 96.9 Å². The van der Waals surface area contributed by atoms with E-state index in [0.29, 0.717) is 6.42 Å². The van der Waals surface area contributed by atoms with E-state index in [1.807, 2.05) is 0 Å². The number of benzene rings is 1. The molecule has 1 unspecified atom stereocenters. The Kier molecular flexibility index (Phi) is 3.98. The van der Waals surface area contributed by atoms with Gasteiger partial charge in [-0.2, -0.15) is 13.2 Å². The first-order valence-electron chi connectivity index (χ1n) is 5.02. The highest BCUT2D eigenvalue weighted by Crippen LogP contribution is 2.31. The number of rotatable bonds is 4. The first-order chi connectivity index (χ1) is 7.84. The summed E-state index contributed by atoms with van der Waals surface area (Å²) < 4.78 is 42.5. The van der Waals surface area contributed by atoms with Crippen LogP contribution in [0.4, 0.5) is 13.2 Å². The molecule has 6 heteroatoms. The summed E-state index contributed by atoms with van der Waals surface area (Å²) in [6, 6.07) is 4.51. The maximum Gasteiger partial charge on any atom is 0.416 e. The molecule has 1 rings (SSSR count). The van der Waals surface area contributed by atoms with Gasteiger partial charge in [0.2, 0.25) is 0 Å². The summed E-state index contributed by atoms with van der Waals surface area (Å²) in [6.07, 6.45) is -4.68. The average molecular weight is 246 g/mol. The predicted molar refractivity (Wildman–Crippen MR) is 58.1 cm³/mol. The molecule has 0 aliphatic heterocycles. The highest BCUT2D eigenvalue weighted by Gasteiger charge is 2.30. The van der Waals surface area contributed by atoms with Crippen LogP contribution in [-0.4, -0.2) is 11.9 Å². The summed E-state index contributed by atoms with van der Waals surface area (Å²) in [6.45, 7) is 1.74. The molecule has 3 N–H and O–H groups in total. The lowest BCUT2D eigenvalue weighted by Gasteiger charge is -2.17. The number of hydrogen-bond donors (Lipinski definition) is 2. The molecule has 0 saturated heterocycles. The van der Waals surface area contributed by atoms with Gasteiger partial charge in [0.05, 0.1) is 5.56 Å². The number of amidine groups is 1. The van der Waals surface area contributed by atoms with Crippen molar-refractivity contribution in [2.24, 2.45) is 5.73 Å². The van der Waals surface area contributed by atoms with Crippen molar-refractivity contribution in [3.8, 4) is 5.75 Å². The maximum atomic E-state index is 12.4. The topological polar surface area (TPSA) is 59.1 Å². The molecule has 1 aromatic carbocycles. The van der Waals surface area contributed by atoms with Gasteiger partial charge in [-0.3, -0.25) is 5.41 Å². The van der Waals surface area contributed by atoms with Gasteiger partial charge in [0.25, 0.3) is 0 Å². The van der Waals surface area contributed by atoms with E-state index in [1.54, 1.807) is 6.92 Å². The molecule has 0 heterocycles. The minimum atomic E-state index is -4.41. The second kappa shape index (κ2) is 5.07. The average Bonchev–Trinajstić information content (AvgIpc) is 2.24. The quantitative estimate of drug-likeness (QED) is 0.634. The van der Waals surface area contributed by atoms with Crippen LogP contribution in [0.5, 0.6) is 5.75 Å². The summed E-state index contributed by atoms with van der Waals surface area (Å²) in [5, 5.41) is 7.21. The maximum absolute atomic E-state index is 12.4. The second-order valence-electron chi connectivity index (χ2n) is 3.50. The van der Waals surface area contributed by atoms with E-state index in [-0.39, 0.29) is 11.6 Å². The van der Waals surface area contributed by atoms with Gasteiger partial charge in [-0.1, -0.05) is 13.0 Å². The molecule has 1 atom stereocenters. The van der Waals surface area contributed by atoms with Crippen LogP contribution in [0.15, 0.2) is 24.3 Å². The van der Waals surface area contributed by atoms with Crippen molar-refractivity contribution in [2.75, 3.05) is 0 Å². The van der Waals surface area contributed by atoms with Crippen LogP contribution < -0.4 is 10.5 Å². The zero-order valence-corrected chi connectivity index (χ0v) is 9.21. The molecule has 0 aliphatic carbocycles. The Morgan fingerprint density at radius 3 is 2.59 bits per heavy atom. The van der Waals surface area contributed by atoms with Gasteiger partial charge >= 0.3 is 6.18 Å². The minimum Gasteiger partial charge on any atom is -0.483 e. The molecule has 0 spiro atoms. The third-order valence-corrected chi connectivity index (χ3v) is 2.16. The molecule has 0 amide bonds. The van der Waals surface area contributed by atoms with E-state index in [9.17, 15) is 13.2 Å². The minimum absolute atomic E-state index is 0.0573. The normalized spacial score (nSPS) is 13.2. The van der Waals surface area contributed by atoms with E-state index in [0.717, 1.165) is 12.1 Å². The summed E-state index contributed by atoms with van der Waals surface area (Å²) in [5.74, 6) is -0.146. The monoisotopic (exact) mass is 246 g/mol. The molecule has 3 nitrogen and oxygen atoms in total. The highest BCUT2D eigenvalue weighted by atomic mass is 19.4. The van der Waals surface area contributed by atoms with E-state index < -0.39 is 17.8 Å².